The lowest BCUT2D eigenvalue weighted by Crippen LogP contribution is -2.58. The van der Waals surface area contributed by atoms with Gasteiger partial charge in [-0.2, -0.15) is 0 Å². The van der Waals surface area contributed by atoms with Gasteiger partial charge in [-0.25, -0.2) is 9.78 Å². The molecule has 1 atom stereocenters. The molecule has 0 unspecified atom stereocenters. The molecule has 152 valence electrons. The molecule has 29 heavy (non-hydrogen) atoms. The maximum atomic E-state index is 12.5. The Labute approximate surface area is 169 Å². The van der Waals surface area contributed by atoms with E-state index in [2.05, 4.69) is 15.2 Å². The minimum absolute atomic E-state index is 0.0239. The highest BCUT2D eigenvalue weighted by atomic mass is 16.6. The van der Waals surface area contributed by atoms with Crippen molar-refractivity contribution < 1.29 is 19.1 Å². The minimum Gasteiger partial charge on any atom is -0.474 e. The Bertz CT molecular complexity index is 915. The first-order chi connectivity index (χ1) is 14.0. The highest BCUT2D eigenvalue weighted by Gasteiger charge is 2.36. The third kappa shape index (κ3) is 3.96. The smallest absolute Gasteiger partial charge is 0.410 e. The number of nitrogens with zero attached hydrogens (tertiary/aromatic N) is 3. The van der Waals surface area contributed by atoms with Crippen LogP contribution in [0.2, 0.25) is 0 Å². The van der Waals surface area contributed by atoms with Crippen molar-refractivity contribution in [3.05, 3.63) is 53.2 Å². The quantitative estimate of drug-likeness (QED) is 0.854. The second kappa shape index (κ2) is 7.98. The molecule has 2 aliphatic rings. The summed E-state index contributed by atoms with van der Waals surface area (Å²) in [5, 5.41) is 2.56. The van der Waals surface area contributed by atoms with Crippen molar-refractivity contribution in [2.24, 2.45) is 0 Å². The van der Waals surface area contributed by atoms with Crippen LogP contribution < -0.4 is 15.0 Å². The standard InChI is InChI=1S/C21H24N4O4/c1-14-3-5-15(6-4-14)12-29-21(27)24-9-10-25-16(11-24)13-28-20-18(25)8-7-17(23-20)19(26)22-2/h3-8,16H,9-13H2,1-2H3,(H,22,26)/t16-/m1/s1. The molecule has 1 aromatic carbocycles. The van der Waals surface area contributed by atoms with Crippen molar-refractivity contribution in [3.63, 3.8) is 0 Å². The number of aryl methyl sites for hydroxylation is 1. The van der Waals surface area contributed by atoms with Crippen molar-refractivity contribution in [1.82, 2.24) is 15.2 Å². The topological polar surface area (TPSA) is 84.0 Å². The molecule has 2 amide bonds. The van der Waals surface area contributed by atoms with Crippen LogP contribution in [0.1, 0.15) is 21.6 Å². The number of hydrogen-bond acceptors (Lipinski definition) is 6. The van der Waals surface area contributed by atoms with Gasteiger partial charge in [0.25, 0.3) is 5.91 Å². The Morgan fingerprint density at radius 1 is 1.21 bits per heavy atom. The molecule has 8 heteroatoms. The first kappa shape index (κ1) is 19.0. The molecular weight excluding hydrogens is 372 g/mol. The van der Waals surface area contributed by atoms with E-state index in [1.165, 1.54) is 5.56 Å². The molecule has 0 spiro atoms. The zero-order chi connectivity index (χ0) is 20.4. The Morgan fingerprint density at radius 2 is 2.00 bits per heavy atom. The van der Waals surface area contributed by atoms with E-state index in [0.717, 1.165) is 11.3 Å². The van der Waals surface area contributed by atoms with Crippen molar-refractivity contribution in [1.29, 1.82) is 0 Å². The summed E-state index contributed by atoms with van der Waals surface area (Å²) >= 11 is 0. The highest BCUT2D eigenvalue weighted by Crippen LogP contribution is 2.34. The van der Waals surface area contributed by atoms with Crippen molar-refractivity contribution >= 4 is 17.7 Å². The van der Waals surface area contributed by atoms with Crippen molar-refractivity contribution in [2.75, 3.05) is 38.2 Å². The Hall–Kier alpha value is -3.29. The third-order valence-electron chi connectivity index (χ3n) is 5.25. The van der Waals surface area contributed by atoms with E-state index < -0.39 is 0 Å². The number of aromatic nitrogens is 1. The molecule has 1 N–H and O–H groups in total. The average Bonchev–Trinajstić information content (AvgIpc) is 2.77. The number of benzene rings is 1. The van der Waals surface area contributed by atoms with E-state index in [1.807, 2.05) is 37.3 Å². The molecule has 0 bridgehead atoms. The van der Waals surface area contributed by atoms with Gasteiger partial charge in [-0.15, -0.1) is 0 Å². The largest absolute Gasteiger partial charge is 0.474 e. The molecule has 2 aromatic rings. The molecular formula is C21H24N4O4. The fraction of sp³-hybridized carbons (Fsp3) is 0.381. The van der Waals surface area contributed by atoms with Crippen LogP contribution in [0.25, 0.3) is 0 Å². The van der Waals surface area contributed by atoms with Gasteiger partial charge in [0, 0.05) is 26.7 Å². The number of carbonyl (C=O) groups excluding carboxylic acids is 2. The summed E-state index contributed by atoms with van der Waals surface area (Å²) in [5.41, 5.74) is 3.31. The second-order valence-electron chi connectivity index (χ2n) is 7.24. The summed E-state index contributed by atoms with van der Waals surface area (Å²) < 4.78 is 11.3. The summed E-state index contributed by atoms with van der Waals surface area (Å²) in [4.78, 5) is 32.5. The van der Waals surface area contributed by atoms with Crippen molar-refractivity contribution in [2.45, 2.75) is 19.6 Å². The lowest BCUT2D eigenvalue weighted by molar-refractivity contribution is 0.0823. The highest BCUT2D eigenvalue weighted by molar-refractivity contribution is 5.92. The number of fused-ring (bicyclic) bond motifs is 3. The van der Waals surface area contributed by atoms with Gasteiger partial charge in [0.15, 0.2) is 0 Å². The van der Waals surface area contributed by atoms with Gasteiger partial charge in [0.05, 0.1) is 6.04 Å². The molecule has 0 saturated carbocycles. The fourth-order valence-corrected chi connectivity index (χ4v) is 3.59. The van der Waals surface area contributed by atoms with E-state index in [1.54, 1.807) is 18.0 Å². The van der Waals surface area contributed by atoms with Gasteiger partial charge in [-0.05, 0) is 24.6 Å². The summed E-state index contributed by atoms with van der Waals surface area (Å²) in [6.07, 6.45) is -0.316. The van der Waals surface area contributed by atoms with Crippen LogP contribution in [0.3, 0.4) is 0 Å². The minimum atomic E-state index is -0.316. The van der Waals surface area contributed by atoms with Crippen LogP contribution in [-0.4, -0.2) is 61.2 Å². The van der Waals surface area contributed by atoms with E-state index in [0.29, 0.717) is 37.8 Å². The number of rotatable bonds is 3. The number of anilines is 1. The van der Waals surface area contributed by atoms with Gasteiger partial charge in [0.2, 0.25) is 5.88 Å². The van der Waals surface area contributed by atoms with Crippen LogP contribution in [0.4, 0.5) is 10.5 Å². The Balaban J connectivity index is 1.38. The summed E-state index contributed by atoms with van der Waals surface area (Å²) in [6, 6.07) is 11.5. The lowest BCUT2D eigenvalue weighted by Gasteiger charge is -2.44. The molecule has 0 radical (unpaired) electrons. The Morgan fingerprint density at radius 3 is 2.76 bits per heavy atom. The van der Waals surface area contributed by atoms with E-state index >= 15 is 0 Å². The van der Waals surface area contributed by atoms with Crippen LogP contribution >= 0.6 is 0 Å². The number of ether oxygens (including phenoxy) is 2. The molecule has 1 saturated heterocycles. The van der Waals surface area contributed by atoms with Crippen LogP contribution in [0.15, 0.2) is 36.4 Å². The van der Waals surface area contributed by atoms with Gasteiger partial charge < -0.3 is 24.6 Å². The summed E-state index contributed by atoms with van der Waals surface area (Å²) in [5.74, 6) is 0.206. The number of amides is 2. The number of hydrogen-bond donors (Lipinski definition) is 1. The molecule has 1 fully saturated rings. The van der Waals surface area contributed by atoms with Gasteiger partial charge in [-0.1, -0.05) is 29.8 Å². The lowest BCUT2D eigenvalue weighted by atomic mass is 10.1. The predicted octanol–water partition coefficient (Wildman–Crippen LogP) is 1.97. The van der Waals surface area contributed by atoms with Crippen molar-refractivity contribution in [3.8, 4) is 5.88 Å². The number of carbonyl (C=O) groups is 2. The summed E-state index contributed by atoms with van der Waals surface area (Å²) in [7, 11) is 1.57. The molecule has 0 aliphatic carbocycles. The van der Waals surface area contributed by atoms with Crippen LogP contribution in [-0.2, 0) is 11.3 Å². The molecule has 4 rings (SSSR count). The number of piperazine rings is 1. The molecule has 3 heterocycles. The maximum absolute atomic E-state index is 12.5. The summed E-state index contributed by atoms with van der Waals surface area (Å²) in [6.45, 7) is 4.41. The van der Waals surface area contributed by atoms with Gasteiger partial charge >= 0.3 is 6.09 Å². The zero-order valence-corrected chi connectivity index (χ0v) is 16.6. The fourth-order valence-electron chi connectivity index (χ4n) is 3.59. The van der Waals surface area contributed by atoms with Gasteiger partial charge in [0.1, 0.15) is 24.6 Å². The van der Waals surface area contributed by atoms with Crippen LogP contribution in [0.5, 0.6) is 5.88 Å². The van der Waals surface area contributed by atoms with Crippen LogP contribution in [0, 0.1) is 6.92 Å². The number of pyridine rings is 1. The molecule has 8 nitrogen and oxygen atoms in total. The van der Waals surface area contributed by atoms with E-state index in [-0.39, 0.29) is 24.6 Å². The Kier molecular flexibility index (Phi) is 5.24. The molecule has 2 aliphatic heterocycles. The maximum Gasteiger partial charge on any atom is 0.410 e. The first-order valence-corrected chi connectivity index (χ1v) is 9.65. The van der Waals surface area contributed by atoms with E-state index in [9.17, 15) is 9.59 Å². The number of nitrogens with one attached hydrogen (secondary N) is 1. The predicted molar refractivity (Wildman–Crippen MR) is 107 cm³/mol. The average molecular weight is 396 g/mol. The van der Waals surface area contributed by atoms with E-state index in [4.69, 9.17) is 9.47 Å². The first-order valence-electron chi connectivity index (χ1n) is 9.65. The monoisotopic (exact) mass is 396 g/mol. The SMILES string of the molecule is CNC(=O)c1ccc2c(n1)OC[C@H]1CN(C(=O)OCc3ccc(C)cc3)CCN21. The zero-order valence-electron chi connectivity index (χ0n) is 16.6. The molecule has 1 aromatic heterocycles. The third-order valence-corrected chi connectivity index (χ3v) is 5.25. The normalized spacial score (nSPS) is 17.7. The van der Waals surface area contributed by atoms with Gasteiger partial charge in [-0.3, -0.25) is 4.79 Å². The second-order valence-corrected chi connectivity index (χ2v) is 7.24.